The average molecular weight is 241 g/mol. The third kappa shape index (κ3) is 3.70. The zero-order chi connectivity index (χ0) is 12.8. The second-order valence-electron chi connectivity index (χ2n) is 4.63. The minimum absolute atomic E-state index is 0.0589. The summed E-state index contributed by atoms with van der Waals surface area (Å²) in [6.45, 7) is 4.87. The van der Waals surface area contributed by atoms with E-state index in [1.807, 2.05) is 13.8 Å². The number of rotatable bonds is 5. The SMILES string of the molecule is CC[C@H](C)[C@H](NC(=O)[C@@H]1CCCN1)C(=O)NC. The quantitative estimate of drug-likeness (QED) is 0.635. The van der Waals surface area contributed by atoms with Gasteiger partial charge in [-0.25, -0.2) is 0 Å². The molecular weight excluding hydrogens is 218 g/mol. The van der Waals surface area contributed by atoms with E-state index < -0.39 is 6.04 Å². The number of nitrogens with one attached hydrogen (secondary N) is 3. The Kier molecular flexibility index (Phi) is 5.41. The molecule has 0 aliphatic carbocycles. The topological polar surface area (TPSA) is 70.2 Å². The van der Waals surface area contributed by atoms with Crippen molar-refractivity contribution < 1.29 is 9.59 Å². The fourth-order valence-electron chi connectivity index (χ4n) is 2.02. The van der Waals surface area contributed by atoms with Gasteiger partial charge in [0.2, 0.25) is 11.8 Å². The summed E-state index contributed by atoms with van der Waals surface area (Å²) in [5.41, 5.74) is 0. The first kappa shape index (κ1) is 14.0. The molecule has 0 bridgehead atoms. The molecule has 0 aromatic rings. The molecule has 0 aromatic carbocycles. The Bertz CT molecular complexity index is 275. The Morgan fingerprint density at radius 1 is 1.47 bits per heavy atom. The molecule has 0 spiro atoms. The van der Waals surface area contributed by atoms with Crippen molar-refractivity contribution in [3.63, 3.8) is 0 Å². The van der Waals surface area contributed by atoms with Crippen LogP contribution in [-0.4, -0.2) is 37.5 Å². The fraction of sp³-hybridized carbons (Fsp3) is 0.833. The highest BCUT2D eigenvalue weighted by Gasteiger charge is 2.29. The summed E-state index contributed by atoms with van der Waals surface area (Å²) in [4.78, 5) is 23.7. The smallest absolute Gasteiger partial charge is 0.242 e. The molecule has 1 aliphatic rings. The summed E-state index contributed by atoms with van der Waals surface area (Å²) in [5, 5.41) is 8.58. The largest absolute Gasteiger partial charge is 0.357 e. The molecule has 5 nitrogen and oxygen atoms in total. The third-order valence-corrected chi connectivity index (χ3v) is 3.42. The minimum atomic E-state index is -0.431. The monoisotopic (exact) mass is 241 g/mol. The molecule has 1 rings (SSSR count). The summed E-state index contributed by atoms with van der Waals surface area (Å²) in [5.74, 6) is -0.0394. The lowest BCUT2D eigenvalue weighted by molar-refractivity contribution is -0.130. The summed E-state index contributed by atoms with van der Waals surface area (Å²) < 4.78 is 0. The number of carbonyl (C=O) groups is 2. The van der Waals surface area contributed by atoms with Crippen LogP contribution in [0.1, 0.15) is 33.1 Å². The normalized spacial score (nSPS) is 22.9. The molecule has 0 radical (unpaired) electrons. The van der Waals surface area contributed by atoms with Gasteiger partial charge in [-0.05, 0) is 25.3 Å². The summed E-state index contributed by atoms with van der Waals surface area (Å²) in [7, 11) is 1.59. The maximum absolute atomic E-state index is 11.9. The van der Waals surface area contributed by atoms with E-state index >= 15 is 0 Å². The fourth-order valence-corrected chi connectivity index (χ4v) is 2.02. The van der Waals surface area contributed by atoms with Gasteiger partial charge < -0.3 is 16.0 Å². The van der Waals surface area contributed by atoms with Gasteiger partial charge in [-0.3, -0.25) is 9.59 Å². The molecule has 2 amide bonds. The second kappa shape index (κ2) is 6.59. The lowest BCUT2D eigenvalue weighted by Gasteiger charge is -2.24. The highest BCUT2D eigenvalue weighted by atomic mass is 16.2. The maximum atomic E-state index is 11.9. The van der Waals surface area contributed by atoms with Gasteiger partial charge in [0.25, 0.3) is 0 Å². The first-order chi connectivity index (χ1) is 8.10. The van der Waals surface area contributed by atoms with Crippen molar-refractivity contribution in [2.45, 2.75) is 45.2 Å². The van der Waals surface area contributed by atoms with Crippen molar-refractivity contribution in [2.75, 3.05) is 13.6 Å². The van der Waals surface area contributed by atoms with Crippen LogP contribution in [0.2, 0.25) is 0 Å². The van der Waals surface area contributed by atoms with Crippen LogP contribution in [0, 0.1) is 5.92 Å². The van der Waals surface area contributed by atoms with Crippen LogP contribution in [0.15, 0.2) is 0 Å². The molecule has 0 aromatic heterocycles. The van der Waals surface area contributed by atoms with Gasteiger partial charge in [0.05, 0.1) is 6.04 Å². The van der Waals surface area contributed by atoms with Crippen molar-refractivity contribution in [3.05, 3.63) is 0 Å². The van der Waals surface area contributed by atoms with E-state index in [9.17, 15) is 9.59 Å². The third-order valence-electron chi connectivity index (χ3n) is 3.42. The Balaban J connectivity index is 2.58. The van der Waals surface area contributed by atoms with E-state index in [-0.39, 0.29) is 23.8 Å². The molecule has 1 aliphatic heterocycles. The summed E-state index contributed by atoms with van der Waals surface area (Å²) in [6.07, 6.45) is 2.73. The first-order valence-corrected chi connectivity index (χ1v) is 6.35. The van der Waals surface area contributed by atoms with Crippen LogP contribution in [0.25, 0.3) is 0 Å². The zero-order valence-electron chi connectivity index (χ0n) is 10.9. The van der Waals surface area contributed by atoms with Crippen molar-refractivity contribution in [1.82, 2.24) is 16.0 Å². The van der Waals surface area contributed by atoms with Gasteiger partial charge in [0.15, 0.2) is 0 Å². The second-order valence-corrected chi connectivity index (χ2v) is 4.63. The van der Waals surface area contributed by atoms with E-state index in [1.54, 1.807) is 7.05 Å². The predicted molar refractivity (Wildman–Crippen MR) is 66.5 cm³/mol. The molecule has 1 saturated heterocycles. The molecule has 1 fully saturated rings. The molecule has 3 atom stereocenters. The lowest BCUT2D eigenvalue weighted by Crippen LogP contribution is -2.53. The Morgan fingerprint density at radius 2 is 2.18 bits per heavy atom. The summed E-state index contributed by atoms with van der Waals surface area (Å²) >= 11 is 0. The van der Waals surface area contributed by atoms with Crippen LogP contribution >= 0.6 is 0 Å². The minimum Gasteiger partial charge on any atom is -0.357 e. The van der Waals surface area contributed by atoms with E-state index in [0.717, 1.165) is 25.8 Å². The van der Waals surface area contributed by atoms with Gasteiger partial charge >= 0.3 is 0 Å². The number of hydrogen-bond donors (Lipinski definition) is 3. The van der Waals surface area contributed by atoms with Crippen LogP contribution in [-0.2, 0) is 9.59 Å². The van der Waals surface area contributed by atoms with Crippen LogP contribution in [0.5, 0.6) is 0 Å². The van der Waals surface area contributed by atoms with E-state index in [2.05, 4.69) is 16.0 Å². The molecule has 1 heterocycles. The lowest BCUT2D eigenvalue weighted by atomic mass is 9.98. The number of amides is 2. The number of hydrogen-bond acceptors (Lipinski definition) is 3. The van der Waals surface area contributed by atoms with Gasteiger partial charge in [0.1, 0.15) is 6.04 Å². The Hall–Kier alpha value is -1.10. The molecule has 0 unspecified atom stereocenters. The van der Waals surface area contributed by atoms with Crippen LogP contribution in [0.4, 0.5) is 0 Å². The standard InChI is InChI=1S/C12H23N3O2/c1-4-8(2)10(12(17)13-3)15-11(16)9-6-5-7-14-9/h8-10,14H,4-7H2,1-3H3,(H,13,17)(H,15,16)/t8-,9-,10-/m0/s1. The maximum Gasteiger partial charge on any atom is 0.242 e. The van der Waals surface area contributed by atoms with Crippen molar-refractivity contribution >= 4 is 11.8 Å². The van der Waals surface area contributed by atoms with Crippen molar-refractivity contribution in [3.8, 4) is 0 Å². The van der Waals surface area contributed by atoms with Gasteiger partial charge in [-0.1, -0.05) is 20.3 Å². The number of likely N-dealkylation sites (N-methyl/N-ethyl adjacent to an activating group) is 1. The van der Waals surface area contributed by atoms with E-state index in [1.165, 1.54) is 0 Å². The average Bonchev–Trinajstić information content (AvgIpc) is 2.87. The van der Waals surface area contributed by atoms with Crippen molar-refractivity contribution in [2.24, 2.45) is 5.92 Å². The summed E-state index contributed by atoms with van der Waals surface area (Å²) in [6, 6.07) is -0.564. The molecule has 17 heavy (non-hydrogen) atoms. The van der Waals surface area contributed by atoms with E-state index in [4.69, 9.17) is 0 Å². The highest BCUT2D eigenvalue weighted by molar-refractivity contribution is 5.89. The highest BCUT2D eigenvalue weighted by Crippen LogP contribution is 2.10. The molecule has 5 heteroatoms. The van der Waals surface area contributed by atoms with Crippen molar-refractivity contribution in [1.29, 1.82) is 0 Å². The Morgan fingerprint density at radius 3 is 2.65 bits per heavy atom. The van der Waals surface area contributed by atoms with Gasteiger partial charge in [-0.15, -0.1) is 0 Å². The Labute approximate surface area is 103 Å². The van der Waals surface area contributed by atoms with Crippen LogP contribution < -0.4 is 16.0 Å². The van der Waals surface area contributed by atoms with Gasteiger partial charge in [-0.2, -0.15) is 0 Å². The molecule has 3 N–H and O–H groups in total. The van der Waals surface area contributed by atoms with Gasteiger partial charge in [0, 0.05) is 7.05 Å². The first-order valence-electron chi connectivity index (χ1n) is 6.35. The molecule has 0 saturated carbocycles. The molecule has 98 valence electrons. The zero-order valence-corrected chi connectivity index (χ0v) is 10.9. The van der Waals surface area contributed by atoms with E-state index in [0.29, 0.717) is 0 Å². The molecular formula is C12H23N3O2. The predicted octanol–water partition coefficient (Wildman–Crippen LogP) is 0.0153. The van der Waals surface area contributed by atoms with Crippen LogP contribution in [0.3, 0.4) is 0 Å². The number of carbonyl (C=O) groups excluding carboxylic acids is 2.